The van der Waals surface area contributed by atoms with Gasteiger partial charge >= 0.3 is 0 Å². The van der Waals surface area contributed by atoms with Crippen molar-refractivity contribution in [2.75, 3.05) is 20.1 Å². The Balaban J connectivity index is 1.89. The molecule has 2 aromatic rings. The standard InChI is InChI=1S/C17H19FN2/c1-20-10-4-6-14(12-20)17-9-3-8-16(19-17)13-5-2-7-15(18)11-13/h2-3,5,7-9,11,14H,4,6,10,12H2,1H3/t14-/m0/s1. The molecule has 1 aliphatic rings. The average molecular weight is 270 g/mol. The molecule has 0 bridgehead atoms. The van der Waals surface area contributed by atoms with Crippen molar-refractivity contribution in [3.05, 3.63) is 54.0 Å². The Hall–Kier alpha value is -1.74. The minimum atomic E-state index is -0.216. The van der Waals surface area contributed by atoms with E-state index < -0.39 is 0 Å². The van der Waals surface area contributed by atoms with E-state index >= 15 is 0 Å². The average Bonchev–Trinajstić information content (AvgIpc) is 2.47. The van der Waals surface area contributed by atoms with Crippen LogP contribution in [0.25, 0.3) is 11.3 Å². The predicted octanol–water partition coefficient (Wildman–Crippen LogP) is 3.70. The van der Waals surface area contributed by atoms with Gasteiger partial charge in [-0.05, 0) is 50.7 Å². The lowest BCUT2D eigenvalue weighted by atomic mass is 9.94. The maximum Gasteiger partial charge on any atom is 0.123 e. The second-order valence-electron chi connectivity index (χ2n) is 5.56. The van der Waals surface area contributed by atoms with Gasteiger partial charge in [-0.25, -0.2) is 4.39 Å². The molecular formula is C17H19FN2. The highest BCUT2D eigenvalue weighted by atomic mass is 19.1. The Morgan fingerprint density at radius 1 is 1.20 bits per heavy atom. The van der Waals surface area contributed by atoms with Crippen molar-refractivity contribution in [2.24, 2.45) is 0 Å². The predicted molar refractivity (Wildman–Crippen MR) is 79.1 cm³/mol. The lowest BCUT2D eigenvalue weighted by molar-refractivity contribution is 0.248. The van der Waals surface area contributed by atoms with E-state index in [0.717, 1.165) is 23.5 Å². The van der Waals surface area contributed by atoms with E-state index in [9.17, 15) is 4.39 Å². The van der Waals surface area contributed by atoms with Crippen LogP contribution in [0, 0.1) is 5.82 Å². The quantitative estimate of drug-likeness (QED) is 0.827. The van der Waals surface area contributed by atoms with Crippen LogP contribution in [0.2, 0.25) is 0 Å². The van der Waals surface area contributed by atoms with Crippen LogP contribution >= 0.6 is 0 Å². The smallest absolute Gasteiger partial charge is 0.123 e. The van der Waals surface area contributed by atoms with Crippen molar-refractivity contribution in [3.63, 3.8) is 0 Å². The molecule has 2 heterocycles. The summed E-state index contributed by atoms with van der Waals surface area (Å²) in [6.45, 7) is 2.22. The molecule has 0 unspecified atom stereocenters. The molecule has 1 aromatic carbocycles. The molecule has 104 valence electrons. The highest BCUT2D eigenvalue weighted by Gasteiger charge is 2.20. The van der Waals surface area contributed by atoms with Crippen molar-refractivity contribution in [2.45, 2.75) is 18.8 Å². The van der Waals surface area contributed by atoms with Gasteiger partial charge < -0.3 is 4.90 Å². The zero-order valence-corrected chi connectivity index (χ0v) is 11.7. The van der Waals surface area contributed by atoms with Crippen molar-refractivity contribution < 1.29 is 4.39 Å². The van der Waals surface area contributed by atoms with E-state index in [0.29, 0.717) is 5.92 Å². The number of benzene rings is 1. The van der Waals surface area contributed by atoms with Crippen LogP contribution in [-0.2, 0) is 0 Å². The second-order valence-corrected chi connectivity index (χ2v) is 5.56. The molecule has 0 N–H and O–H groups in total. The first-order valence-corrected chi connectivity index (χ1v) is 7.14. The number of nitrogens with zero attached hydrogens (tertiary/aromatic N) is 2. The lowest BCUT2D eigenvalue weighted by Crippen LogP contribution is -2.31. The Morgan fingerprint density at radius 2 is 2.05 bits per heavy atom. The Labute approximate surface area is 119 Å². The number of pyridine rings is 1. The summed E-state index contributed by atoms with van der Waals surface area (Å²) in [6, 6.07) is 12.7. The molecule has 0 aliphatic carbocycles. The largest absolute Gasteiger partial charge is 0.306 e. The van der Waals surface area contributed by atoms with Crippen molar-refractivity contribution >= 4 is 0 Å². The number of halogens is 1. The van der Waals surface area contributed by atoms with Crippen LogP contribution in [0.4, 0.5) is 4.39 Å². The number of piperidine rings is 1. The van der Waals surface area contributed by atoms with E-state index in [-0.39, 0.29) is 5.82 Å². The number of likely N-dealkylation sites (tertiary alicyclic amines) is 1. The number of likely N-dealkylation sites (N-methyl/N-ethyl adjacent to an activating group) is 1. The number of hydrogen-bond donors (Lipinski definition) is 0. The van der Waals surface area contributed by atoms with E-state index in [1.54, 1.807) is 12.1 Å². The van der Waals surface area contributed by atoms with E-state index in [1.165, 1.54) is 25.5 Å². The maximum atomic E-state index is 13.3. The Morgan fingerprint density at radius 3 is 2.85 bits per heavy atom. The molecule has 0 amide bonds. The topological polar surface area (TPSA) is 16.1 Å². The molecule has 3 heteroatoms. The Bertz CT molecular complexity index is 597. The summed E-state index contributed by atoms with van der Waals surface area (Å²) in [5.41, 5.74) is 2.82. The summed E-state index contributed by atoms with van der Waals surface area (Å²) in [4.78, 5) is 7.10. The summed E-state index contributed by atoms with van der Waals surface area (Å²) in [5, 5.41) is 0. The van der Waals surface area contributed by atoms with E-state index in [2.05, 4.69) is 18.0 Å². The molecule has 0 spiro atoms. The van der Waals surface area contributed by atoms with Crippen LogP contribution in [-0.4, -0.2) is 30.0 Å². The third-order valence-electron chi connectivity index (χ3n) is 3.93. The summed E-state index contributed by atoms with van der Waals surface area (Å²) in [6.07, 6.45) is 2.40. The highest BCUT2D eigenvalue weighted by Crippen LogP contribution is 2.27. The maximum absolute atomic E-state index is 13.3. The zero-order valence-electron chi connectivity index (χ0n) is 11.7. The first-order chi connectivity index (χ1) is 9.72. The molecule has 0 saturated carbocycles. The number of hydrogen-bond acceptors (Lipinski definition) is 2. The molecule has 2 nitrogen and oxygen atoms in total. The van der Waals surface area contributed by atoms with Gasteiger partial charge in [-0.15, -0.1) is 0 Å². The molecule has 3 rings (SSSR count). The van der Waals surface area contributed by atoms with Crippen LogP contribution in [0.15, 0.2) is 42.5 Å². The lowest BCUT2D eigenvalue weighted by Gasteiger charge is -2.29. The van der Waals surface area contributed by atoms with Gasteiger partial charge in [-0.3, -0.25) is 4.98 Å². The second kappa shape index (κ2) is 5.71. The van der Waals surface area contributed by atoms with Gasteiger partial charge in [0.25, 0.3) is 0 Å². The Kier molecular flexibility index (Phi) is 3.79. The molecule has 1 saturated heterocycles. The van der Waals surface area contributed by atoms with Crippen molar-refractivity contribution in [1.29, 1.82) is 0 Å². The molecular weight excluding hydrogens is 251 g/mol. The monoisotopic (exact) mass is 270 g/mol. The molecule has 20 heavy (non-hydrogen) atoms. The van der Waals surface area contributed by atoms with Gasteiger partial charge in [0.05, 0.1) is 5.69 Å². The normalized spacial score (nSPS) is 20.0. The minimum absolute atomic E-state index is 0.216. The van der Waals surface area contributed by atoms with Crippen LogP contribution < -0.4 is 0 Å². The summed E-state index contributed by atoms with van der Waals surface area (Å²) in [7, 11) is 2.16. The van der Waals surface area contributed by atoms with Crippen molar-refractivity contribution in [3.8, 4) is 11.3 Å². The fourth-order valence-corrected chi connectivity index (χ4v) is 2.90. The SMILES string of the molecule is CN1CCC[C@H](c2cccc(-c3cccc(F)c3)n2)C1. The van der Waals surface area contributed by atoms with Gasteiger partial charge in [-0.2, -0.15) is 0 Å². The zero-order chi connectivity index (χ0) is 13.9. The molecule has 0 radical (unpaired) electrons. The van der Waals surface area contributed by atoms with Gasteiger partial charge in [0.1, 0.15) is 5.82 Å². The fraction of sp³-hybridized carbons (Fsp3) is 0.353. The molecule has 1 atom stereocenters. The van der Waals surface area contributed by atoms with Gasteiger partial charge in [0.2, 0.25) is 0 Å². The van der Waals surface area contributed by atoms with Gasteiger partial charge in [0.15, 0.2) is 0 Å². The minimum Gasteiger partial charge on any atom is -0.306 e. The number of rotatable bonds is 2. The molecule has 1 fully saturated rings. The fourth-order valence-electron chi connectivity index (χ4n) is 2.90. The number of aromatic nitrogens is 1. The first kappa shape index (κ1) is 13.3. The van der Waals surface area contributed by atoms with Gasteiger partial charge in [0, 0.05) is 23.7 Å². The highest BCUT2D eigenvalue weighted by molar-refractivity contribution is 5.59. The van der Waals surface area contributed by atoms with Gasteiger partial charge in [-0.1, -0.05) is 18.2 Å². The van der Waals surface area contributed by atoms with Crippen LogP contribution in [0.1, 0.15) is 24.5 Å². The van der Waals surface area contributed by atoms with Crippen LogP contribution in [0.3, 0.4) is 0 Å². The summed E-state index contributed by atoms with van der Waals surface area (Å²) >= 11 is 0. The molecule has 1 aliphatic heterocycles. The van der Waals surface area contributed by atoms with Crippen LogP contribution in [0.5, 0.6) is 0 Å². The third kappa shape index (κ3) is 2.88. The third-order valence-corrected chi connectivity index (χ3v) is 3.93. The first-order valence-electron chi connectivity index (χ1n) is 7.14. The summed E-state index contributed by atoms with van der Waals surface area (Å²) in [5.74, 6) is 0.273. The molecule has 1 aromatic heterocycles. The van der Waals surface area contributed by atoms with E-state index in [1.807, 2.05) is 18.2 Å². The van der Waals surface area contributed by atoms with Crippen molar-refractivity contribution in [1.82, 2.24) is 9.88 Å². The van der Waals surface area contributed by atoms with E-state index in [4.69, 9.17) is 4.98 Å². The summed E-state index contributed by atoms with van der Waals surface area (Å²) < 4.78 is 13.3.